The molecule has 21 heavy (non-hydrogen) atoms. The number of hydrogen-bond acceptors (Lipinski definition) is 2. The zero-order chi connectivity index (χ0) is 15.2. The van der Waals surface area contributed by atoms with Gasteiger partial charge in [0.1, 0.15) is 5.75 Å². The van der Waals surface area contributed by atoms with Crippen LogP contribution in [0, 0.1) is 0 Å². The molecular formula is C16H15BrClNO2. The number of hydrogen-bond donors (Lipinski definition) is 1. The van der Waals surface area contributed by atoms with Gasteiger partial charge in [-0.05, 0) is 30.7 Å². The summed E-state index contributed by atoms with van der Waals surface area (Å²) in [6, 6.07) is 15.0. The number of amides is 1. The second-order valence-corrected chi connectivity index (χ2v) is 5.86. The summed E-state index contributed by atoms with van der Waals surface area (Å²) in [5, 5.41) is 3.30. The van der Waals surface area contributed by atoms with E-state index in [0.717, 1.165) is 10.0 Å². The van der Waals surface area contributed by atoms with Crippen LogP contribution in [0.5, 0.6) is 5.75 Å². The highest BCUT2D eigenvalue weighted by molar-refractivity contribution is 9.10. The number of nitrogens with one attached hydrogen (secondary N) is 1. The van der Waals surface area contributed by atoms with Crippen LogP contribution >= 0.6 is 27.5 Å². The smallest absolute Gasteiger partial charge is 0.261 e. The van der Waals surface area contributed by atoms with Crippen LogP contribution in [0.3, 0.4) is 0 Å². The Morgan fingerprint density at radius 2 is 2.00 bits per heavy atom. The lowest BCUT2D eigenvalue weighted by atomic mass is 10.2. The topological polar surface area (TPSA) is 38.3 Å². The van der Waals surface area contributed by atoms with E-state index in [4.69, 9.17) is 16.3 Å². The number of halogens is 2. The van der Waals surface area contributed by atoms with Gasteiger partial charge >= 0.3 is 0 Å². The molecular weight excluding hydrogens is 354 g/mol. The fraction of sp³-hybridized carbons (Fsp3) is 0.188. The Hall–Kier alpha value is -1.52. The van der Waals surface area contributed by atoms with Crippen LogP contribution in [0.2, 0.25) is 5.02 Å². The van der Waals surface area contributed by atoms with Gasteiger partial charge < -0.3 is 10.1 Å². The fourth-order valence-corrected chi connectivity index (χ4v) is 2.46. The molecule has 0 saturated heterocycles. The van der Waals surface area contributed by atoms with Crippen LogP contribution in [0.1, 0.15) is 12.5 Å². The van der Waals surface area contributed by atoms with Gasteiger partial charge in [0.15, 0.2) is 6.10 Å². The third-order valence-corrected chi connectivity index (χ3v) is 3.67. The van der Waals surface area contributed by atoms with Crippen molar-refractivity contribution in [1.82, 2.24) is 5.32 Å². The molecule has 110 valence electrons. The molecule has 0 spiro atoms. The molecule has 0 saturated carbocycles. The first-order chi connectivity index (χ1) is 10.1. The van der Waals surface area contributed by atoms with Crippen molar-refractivity contribution in [3.63, 3.8) is 0 Å². The summed E-state index contributed by atoms with van der Waals surface area (Å²) in [7, 11) is 0. The Morgan fingerprint density at radius 3 is 2.67 bits per heavy atom. The van der Waals surface area contributed by atoms with Crippen molar-refractivity contribution < 1.29 is 9.53 Å². The summed E-state index contributed by atoms with van der Waals surface area (Å²) in [5.74, 6) is 0.306. The highest BCUT2D eigenvalue weighted by Gasteiger charge is 2.15. The van der Waals surface area contributed by atoms with Crippen molar-refractivity contribution >= 4 is 33.4 Å². The van der Waals surface area contributed by atoms with E-state index in [1.54, 1.807) is 19.1 Å². The summed E-state index contributed by atoms with van der Waals surface area (Å²) >= 11 is 9.39. The van der Waals surface area contributed by atoms with Crippen LogP contribution in [0.15, 0.2) is 53.0 Å². The Morgan fingerprint density at radius 1 is 1.29 bits per heavy atom. The third kappa shape index (κ3) is 4.76. The van der Waals surface area contributed by atoms with Gasteiger partial charge in [-0.15, -0.1) is 0 Å². The number of carbonyl (C=O) groups is 1. The number of carbonyl (C=O) groups excluding carboxylic acids is 1. The molecule has 3 nitrogen and oxygen atoms in total. The highest BCUT2D eigenvalue weighted by atomic mass is 79.9. The summed E-state index contributed by atoms with van der Waals surface area (Å²) in [5.41, 5.74) is 1.04. The van der Waals surface area contributed by atoms with E-state index in [-0.39, 0.29) is 5.91 Å². The average Bonchev–Trinajstić information content (AvgIpc) is 2.48. The first-order valence-electron chi connectivity index (χ1n) is 6.49. The quantitative estimate of drug-likeness (QED) is 0.859. The molecule has 0 aliphatic carbocycles. The van der Waals surface area contributed by atoms with E-state index < -0.39 is 6.10 Å². The van der Waals surface area contributed by atoms with Gasteiger partial charge in [-0.25, -0.2) is 0 Å². The van der Waals surface area contributed by atoms with Gasteiger partial charge in [-0.1, -0.05) is 57.9 Å². The summed E-state index contributed by atoms with van der Waals surface area (Å²) in [6.45, 7) is 2.17. The third-order valence-electron chi connectivity index (χ3n) is 2.88. The van der Waals surface area contributed by atoms with Gasteiger partial charge in [0.05, 0.1) is 5.02 Å². The van der Waals surface area contributed by atoms with Crippen LogP contribution in [0.4, 0.5) is 0 Å². The zero-order valence-electron chi connectivity index (χ0n) is 11.5. The number of benzene rings is 2. The molecule has 0 heterocycles. The largest absolute Gasteiger partial charge is 0.479 e. The van der Waals surface area contributed by atoms with Crippen LogP contribution in [-0.4, -0.2) is 12.0 Å². The molecule has 1 amide bonds. The van der Waals surface area contributed by atoms with Crippen LogP contribution in [-0.2, 0) is 11.3 Å². The summed E-state index contributed by atoms with van der Waals surface area (Å²) in [6.07, 6.45) is -0.618. The molecule has 0 unspecified atom stereocenters. The first kappa shape index (κ1) is 15.9. The minimum atomic E-state index is -0.618. The predicted molar refractivity (Wildman–Crippen MR) is 87.5 cm³/mol. The summed E-state index contributed by atoms with van der Waals surface area (Å²) < 4.78 is 6.45. The summed E-state index contributed by atoms with van der Waals surface area (Å²) in [4.78, 5) is 12.0. The van der Waals surface area contributed by atoms with Crippen molar-refractivity contribution in [2.24, 2.45) is 0 Å². The minimum Gasteiger partial charge on any atom is -0.479 e. The van der Waals surface area contributed by atoms with E-state index in [9.17, 15) is 4.79 Å². The fourth-order valence-electron chi connectivity index (χ4n) is 1.74. The van der Waals surface area contributed by atoms with Crippen molar-refractivity contribution in [3.8, 4) is 5.75 Å². The molecule has 2 rings (SSSR count). The van der Waals surface area contributed by atoms with Crippen LogP contribution in [0.25, 0.3) is 0 Å². The van der Waals surface area contributed by atoms with E-state index in [1.165, 1.54) is 0 Å². The van der Waals surface area contributed by atoms with E-state index >= 15 is 0 Å². The predicted octanol–water partition coefficient (Wildman–Crippen LogP) is 4.19. The zero-order valence-corrected chi connectivity index (χ0v) is 13.8. The van der Waals surface area contributed by atoms with Gasteiger partial charge in [0.25, 0.3) is 5.91 Å². The second-order valence-electron chi connectivity index (χ2n) is 4.54. The molecule has 0 aliphatic heterocycles. The molecule has 2 aromatic rings. The minimum absolute atomic E-state index is 0.183. The lowest BCUT2D eigenvalue weighted by molar-refractivity contribution is -0.127. The van der Waals surface area contributed by atoms with Crippen molar-refractivity contribution in [2.45, 2.75) is 19.6 Å². The van der Waals surface area contributed by atoms with E-state index in [2.05, 4.69) is 21.2 Å². The van der Waals surface area contributed by atoms with E-state index in [1.807, 2.05) is 36.4 Å². The molecule has 0 aliphatic rings. The van der Waals surface area contributed by atoms with Crippen molar-refractivity contribution in [1.29, 1.82) is 0 Å². The van der Waals surface area contributed by atoms with Gasteiger partial charge in [-0.3, -0.25) is 4.79 Å². The Labute approximate surface area is 137 Å². The maximum absolute atomic E-state index is 12.0. The van der Waals surface area contributed by atoms with Crippen molar-refractivity contribution in [2.75, 3.05) is 0 Å². The lowest BCUT2D eigenvalue weighted by Crippen LogP contribution is -2.35. The maximum atomic E-state index is 12.0. The molecule has 0 aromatic heterocycles. The van der Waals surface area contributed by atoms with Crippen molar-refractivity contribution in [3.05, 3.63) is 63.6 Å². The number of rotatable bonds is 5. The highest BCUT2D eigenvalue weighted by Crippen LogP contribution is 2.28. The monoisotopic (exact) mass is 367 g/mol. The first-order valence-corrected chi connectivity index (χ1v) is 7.66. The molecule has 1 N–H and O–H groups in total. The molecule has 2 aromatic carbocycles. The lowest BCUT2D eigenvalue weighted by Gasteiger charge is -2.15. The SMILES string of the molecule is C[C@H](Oc1ccc(Br)cc1Cl)C(=O)NCc1ccccc1. The maximum Gasteiger partial charge on any atom is 0.261 e. The number of ether oxygens (including phenoxy) is 1. The molecule has 5 heteroatoms. The molecule has 1 atom stereocenters. The normalized spacial score (nSPS) is 11.8. The van der Waals surface area contributed by atoms with Gasteiger partial charge in [0, 0.05) is 11.0 Å². The molecule has 0 radical (unpaired) electrons. The Kier molecular flexibility index (Phi) is 5.65. The molecule has 0 fully saturated rings. The second kappa shape index (κ2) is 7.48. The molecule has 0 bridgehead atoms. The van der Waals surface area contributed by atoms with Crippen LogP contribution < -0.4 is 10.1 Å². The standard InChI is InChI=1S/C16H15BrClNO2/c1-11(21-15-8-7-13(17)9-14(15)18)16(20)19-10-12-5-3-2-4-6-12/h2-9,11H,10H2,1H3,(H,19,20)/t11-/m0/s1. The average molecular weight is 369 g/mol. The van der Waals surface area contributed by atoms with E-state index in [0.29, 0.717) is 17.3 Å². The Balaban J connectivity index is 1.90. The Bertz CT molecular complexity index is 619. The van der Waals surface area contributed by atoms with Gasteiger partial charge in [-0.2, -0.15) is 0 Å². The van der Waals surface area contributed by atoms with Gasteiger partial charge in [0.2, 0.25) is 0 Å².